The Bertz CT molecular complexity index is 2300. The number of anilines is 2. The Morgan fingerprint density at radius 2 is 1.67 bits per heavy atom. The molecule has 2 aromatic carbocycles. The molecule has 0 spiro atoms. The van der Waals surface area contributed by atoms with E-state index in [9.17, 15) is 32.7 Å². The van der Waals surface area contributed by atoms with Gasteiger partial charge in [0.1, 0.15) is 23.2 Å². The first-order chi connectivity index (χ1) is 31.5. The van der Waals surface area contributed by atoms with Crippen LogP contribution in [0.5, 0.6) is 5.75 Å². The van der Waals surface area contributed by atoms with E-state index >= 15 is 4.39 Å². The van der Waals surface area contributed by atoms with Crippen molar-refractivity contribution in [2.75, 3.05) is 76.9 Å². The molecule has 3 aliphatic rings. The maximum Gasteiger partial charge on any atom is 0.573 e. The molecule has 356 valence electrons. The number of hydrogen-bond acceptors (Lipinski definition) is 12. The molecule has 20 heteroatoms. The minimum atomic E-state index is -5.13. The average molecular weight is 925 g/mol. The van der Waals surface area contributed by atoms with Crippen LogP contribution in [0.2, 0.25) is 0 Å². The number of imidazole rings is 1. The van der Waals surface area contributed by atoms with Crippen molar-refractivity contribution >= 4 is 35.7 Å². The molecular weight excluding hydrogens is 869 g/mol. The van der Waals surface area contributed by atoms with Gasteiger partial charge in [-0.15, -0.1) is 13.2 Å². The number of nitrogens with zero attached hydrogens (tertiary/aromatic N) is 5. The van der Waals surface area contributed by atoms with Crippen molar-refractivity contribution < 1.29 is 56.1 Å². The van der Waals surface area contributed by atoms with E-state index in [4.69, 9.17) is 9.53 Å². The van der Waals surface area contributed by atoms with E-state index in [2.05, 4.69) is 42.0 Å². The molecule has 0 saturated carbocycles. The number of rotatable bonds is 13. The first kappa shape index (κ1) is 49.3. The second kappa shape index (κ2) is 21.5. The van der Waals surface area contributed by atoms with Crippen LogP contribution in [0, 0.1) is 23.1 Å². The molecule has 3 atom stereocenters. The number of likely N-dealkylation sites (N-methyl/N-ethyl adjacent to an activating group) is 1. The highest BCUT2D eigenvalue weighted by molar-refractivity contribution is 6.04. The number of carbonyl (C=O) groups excluding carboxylic acids is 4. The van der Waals surface area contributed by atoms with Gasteiger partial charge in [0.25, 0.3) is 12.4 Å². The number of ether oxygens (including phenoxy) is 3. The number of piperazine rings is 1. The second-order valence-electron chi connectivity index (χ2n) is 17.2. The van der Waals surface area contributed by atoms with E-state index in [0.717, 1.165) is 31.4 Å². The number of methoxy groups -OCH3 is 1. The van der Waals surface area contributed by atoms with Crippen LogP contribution in [0.4, 0.5) is 29.1 Å². The summed E-state index contributed by atoms with van der Waals surface area (Å²) in [5, 5.41) is 15.1. The van der Waals surface area contributed by atoms with Gasteiger partial charge in [0.15, 0.2) is 0 Å². The van der Waals surface area contributed by atoms with E-state index in [1.807, 2.05) is 9.80 Å². The molecule has 5 heterocycles. The molecule has 3 amide bonds. The number of aromatic amines is 1. The topological polar surface area (TPSA) is 192 Å². The fraction of sp³-hybridized carbons (Fsp3) is 0.478. The molecule has 7 rings (SSSR count). The average Bonchev–Trinajstić information content (AvgIpc) is 3.97. The van der Waals surface area contributed by atoms with E-state index in [-0.39, 0.29) is 59.0 Å². The summed E-state index contributed by atoms with van der Waals surface area (Å²) in [6, 6.07) is 10.5. The van der Waals surface area contributed by atoms with Gasteiger partial charge in [0.05, 0.1) is 54.4 Å². The number of aromatic nitrogens is 3. The highest BCUT2D eigenvalue weighted by atomic mass is 19.4. The molecule has 0 bridgehead atoms. The van der Waals surface area contributed by atoms with Crippen molar-refractivity contribution in [3.8, 4) is 28.1 Å². The molecular formula is C46H56F4N8O8. The van der Waals surface area contributed by atoms with E-state index in [0.29, 0.717) is 75.3 Å². The predicted octanol–water partition coefficient (Wildman–Crippen LogP) is 5.81. The molecule has 3 aliphatic heterocycles. The van der Waals surface area contributed by atoms with Crippen molar-refractivity contribution in [1.82, 2.24) is 30.1 Å². The van der Waals surface area contributed by atoms with Gasteiger partial charge in [-0.1, -0.05) is 31.2 Å². The first-order valence-electron chi connectivity index (χ1n) is 21.7. The third-order valence-corrected chi connectivity index (χ3v) is 12.0. The van der Waals surface area contributed by atoms with Gasteiger partial charge in [-0.3, -0.25) is 19.2 Å². The smallest absolute Gasteiger partial charge is 0.471 e. The van der Waals surface area contributed by atoms with Crippen LogP contribution in [0.25, 0.3) is 22.4 Å². The SMILES string of the molecule is CNC(C(=O)N1CC(C)CC1c1ncc(-c2ccc(-c3cc(F)c(NC(=O)c4ccc(N5CCN(C(=O)C(C)(C)CO)CC5)nc4)cc3OC(F)(F)F)cc2)[nH]1)C1CCOCC1.COC=O. The number of aliphatic hydroxyl groups is 1. The predicted molar refractivity (Wildman–Crippen MR) is 236 cm³/mol. The van der Waals surface area contributed by atoms with Gasteiger partial charge in [0.2, 0.25) is 11.8 Å². The lowest BCUT2D eigenvalue weighted by Gasteiger charge is -2.38. The summed E-state index contributed by atoms with van der Waals surface area (Å²) in [4.78, 5) is 66.6. The maximum atomic E-state index is 15.6. The molecule has 3 saturated heterocycles. The quantitative estimate of drug-likeness (QED) is 0.0932. The monoisotopic (exact) mass is 924 g/mol. The number of benzene rings is 2. The van der Waals surface area contributed by atoms with Gasteiger partial charge < -0.3 is 49.6 Å². The number of alkyl halides is 3. The molecule has 4 N–H and O–H groups in total. The molecule has 4 aromatic rings. The van der Waals surface area contributed by atoms with Gasteiger partial charge in [-0.05, 0) is 81.3 Å². The van der Waals surface area contributed by atoms with Gasteiger partial charge in [-0.25, -0.2) is 14.4 Å². The summed E-state index contributed by atoms with van der Waals surface area (Å²) in [5.41, 5.74) is -0.0714. The summed E-state index contributed by atoms with van der Waals surface area (Å²) < 4.78 is 70.5. The lowest BCUT2D eigenvalue weighted by molar-refractivity contribution is -0.274. The van der Waals surface area contributed by atoms with E-state index < -0.39 is 34.9 Å². The molecule has 66 heavy (non-hydrogen) atoms. The van der Waals surface area contributed by atoms with E-state index in [1.165, 1.54) is 31.5 Å². The maximum absolute atomic E-state index is 15.6. The Hall–Kier alpha value is -6.12. The molecule has 3 fully saturated rings. The summed E-state index contributed by atoms with van der Waals surface area (Å²) in [6.45, 7) is 9.17. The largest absolute Gasteiger partial charge is 0.573 e. The van der Waals surface area contributed by atoms with Crippen LogP contribution in [0.1, 0.15) is 62.3 Å². The normalized spacial score (nSPS) is 18.5. The van der Waals surface area contributed by atoms with Crippen LogP contribution in [0.15, 0.2) is 60.9 Å². The van der Waals surface area contributed by atoms with Crippen LogP contribution in [-0.4, -0.2) is 133 Å². The number of carbonyl (C=O) groups is 4. The van der Waals surface area contributed by atoms with Crippen molar-refractivity contribution in [3.63, 3.8) is 0 Å². The molecule has 3 unspecified atom stereocenters. The lowest BCUT2D eigenvalue weighted by atomic mass is 9.90. The summed E-state index contributed by atoms with van der Waals surface area (Å²) in [6.07, 6.45) is 0.127. The zero-order chi connectivity index (χ0) is 47.8. The van der Waals surface area contributed by atoms with Crippen LogP contribution in [0.3, 0.4) is 0 Å². The van der Waals surface area contributed by atoms with Crippen molar-refractivity contribution in [2.24, 2.45) is 17.3 Å². The Morgan fingerprint density at radius 3 is 2.26 bits per heavy atom. The Labute approximate surface area is 380 Å². The zero-order valence-electron chi connectivity index (χ0n) is 37.5. The number of nitrogens with one attached hydrogen (secondary N) is 3. The summed E-state index contributed by atoms with van der Waals surface area (Å²) in [7, 11) is 3.12. The number of pyridine rings is 1. The van der Waals surface area contributed by atoms with Crippen molar-refractivity contribution in [2.45, 2.75) is 58.5 Å². The fourth-order valence-electron chi connectivity index (χ4n) is 8.44. The number of likely N-dealkylation sites (tertiary alicyclic amines) is 1. The molecule has 16 nitrogen and oxygen atoms in total. The Kier molecular flexibility index (Phi) is 16.0. The minimum absolute atomic E-state index is 0.0270. The fourth-order valence-corrected chi connectivity index (χ4v) is 8.44. The summed E-state index contributed by atoms with van der Waals surface area (Å²) in [5.74, 6) is -1.05. The zero-order valence-corrected chi connectivity index (χ0v) is 37.5. The molecule has 0 aliphatic carbocycles. The Balaban J connectivity index is 0.00000173. The molecule has 0 radical (unpaired) electrons. The number of halogens is 4. The number of H-pyrrole nitrogens is 1. The number of amides is 3. The third kappa shape index (κ3) is 11.8. The highest BCUT2D eigenvalue weighted by Gasteiger charge is 2.41. The van der Waals surface area contributed by atoms with Crippen molar-refractivity contribution in [1.29, 1.82) is 0 Å². The summed E-state index contributed by atoms with van der Waals surface area (Å²) >= 11 is 0. The number of aliphatic hydroxyl groups excluding tert-OH is 1. The lowest BCUT2D eigenvalue weighted by Crippen LogP contribution is -2.53. The molecule has 2 aromatic heterocycles. The first-order valence-corrected chi connectivity index (χ1v) is 21.7. The van der Waals surface area contributed by atoms with Crippen LogP contribution < -0.4 is 20.3 Å². The van der Waals surface area contributed by atoms with Crippen LogP contribution >= 0.6 is 0 Å². The Morgan fingerprint density at radius 1 is 1.00 bits per heavy atom. The van der Waals surface area contributed by atoms with E-state index in [1.54, 1.807) is 50.2 Å². The second-order valence-corrected chi connectivity index (χ2v) is 17.2. The number of hydrogen-bond donors (Lipinski definition) is 4. The van der Waals surface area contributed by atoms with Crippen LogP contribution in [-0.2, 0) is 23.9 Å². The van der Waals surface area contributed by atoms with Gasteiger partial charge in [0, 0.05) is 63.8 Å². The third-order valence-electron chi connectivity index (χ3n) is 12.0. The van der Waals surface area contributed by atoms with Crippen molar-refractivity contribution in [3.05, 3.63) is 78.1 Å². The minimum Gasteiger partial charge on any atom is -0.471 e. The standard InChI is InChI=1S/C44H52F4N8O6.C2H4O2/c1-26-19-35(56(24-26)41(59)38(49-4)29-11-17-61-18-12-29)39-51-23-34(52-39)28-7-5-27(6-8-28)31-20-32(45)33(21-36(31)62-44(46,47)48)53-40(58)30-9-10-37(50-22-30)54-13-15-55(16-14-54)42(60)43(2,3)25-57;1-4-2-3/h5-10,20-23,26,29,35,38,49,57H,11-19,24-25H2,1-4H3,(H,51,52)(H,53,58);2H,1H3. The van der Waals surface area contributed by atoms with Gasteiger partial charge in [-0.2, -0.15) is 0 Å². The highest BCUT2D eigenvalue weighted by Crippen LogP contribution is 2.40. The van der Waals surface area contributed by atoms with Gasteiger partial charge >= 0.3 is 6.36 Å².